The lowest BCUT2D eigenvalue weighted by atomic mass is 10.1. The van der Waals surface area contributed by atoms with E-state index in [1.54, 1.807) is 46.2 Å². The predicted octanol–water partition coefficient (Wildman–Crippen LogP) is 3.67. The maximum absolute atomic E-state index is 12.9. The molecule has 9 nitrogen and oxygen atoms in total. The summed E-state index contributed by atoms with van der Waals surface area (Å²) in [6.45, 7) is -0.435. The van der Waals surface area contributed by atoms with Crippen molar-refractivity contribution in [2.24, 2.45) is 12.0 Å². The van der Waals surface area contributed by atoms with Crippen LogP contribution in [-0.4, -0.2) is 41.2 Å². The normalized spacial score (nSPS) is 12.2. The van der Waals surface area contributed by atoms with Crippen LogP contribution in [-0.2, 0) is 13.6 Å². The van der Waals surface area contributed by atoms with E-state index in [0.717, 1.165) is 16.5 Å². The number of pyridine rings is 2. The van der Waals surface area contributed by atoms with Crippen LogP contribution in [0.3, 0.4) is 0 Å². The van der Waals surface area contributed by atoms with Gasteiger partial charge in [0.25, 0.3) is 5.89 Å². The molecule has 0 fully saturated rings. The Bertz CT molecular complexity index is 1450. The summed E-state index contributed by atoms with van der Waals surface area (Å²) in [6.07, 6.45) is 8.90. The van der Waals surface area contributed by atoms with Gasteiger partial charge in [-0.15, -0.1) is 5.10 Å². The van der Waals surface area contributed by atoms with Crippen molar-refractivity contribution in [3.63, 3.8) is 0 Å². The number of hydrogen-bond acceptors (Lipinski definition) is 6. The van der Waals surface area contributed by atoms with Gasteiger partial charge in [-0.05, 0) is 18.2 Å². The summed E-state index contributed by atoms with van der Waals surface area (Å²) in [5.74, 6) is 0.277. The van der Waals surface area contributed by atoms with Crippen LogP contribution >= 0.6 is 11.6 Å². The summed E-state index contributed by atoms with van der Waals surface area (Å²) < 4.78 is 21.9. The number of halogens is 2. The van der Waals surface area contributed by atoms with Gasteiger partial charge in [0.15, 0.2) is 5.49 Å². The van der Waals surface area contributed by atoms with Gasteiger partial charge in [-0.1, -0.05) is 16.7 Å². The number of H-pyrrole nitrogens is 1. The van der Waals surface area contributed by atoms with Crippen molar-refractivity contribution in [3.05, 3.63) is 59.7 Å². The van der Waals surface area contributed by atoms with Crippen LogP contribution in [0.1, 0.15) is 0 Å². The summed E-state index contributed by atoms with van der Waals surface area (Å²) >= 11 is 6.23. The summed E-state index contributed by atoms with van der Waals surface area (Å²) in [6, 6.07) is 5.38. The number of aromatic nitrogens is 7. The molecule has 0 aromatic carbocycles. The van der Waals surface area contributed by atoms with Crippen molar-refractivity contribution in [1.29, 1.82) is 0 Å². The molecule has 1 N–H and O–H groups in total. The molecule has 5 heterocycles. The maximum Gasteiger partial charge on any atom is 0.344 e. The van der Waals surface area contributed by atoms with E-state index in [2.05, 4.69) is 30.3 Å². The Hall–Kier alpha value is -3.79. The Morgan fingerprint density at radius 1 is 1.26 bits per heavy atom. The molecule has 5 rings (SSSR count). The van der Waals surface area contributed by atoms with Gasteiger partial charge < -0.3 is 14.0 Å². The lowest BCUT2D eigenvalue weighted by Crippen LogP contribution is -2.21. The molecule has 0 saturated carbocycles. The van der Waals surface area contributed by atoms with Crippen LogP contribution < -0.4 is 5.49 Å². The first-order valence-electron chi connectivity index (χ1n) is 9.38. The van der Waals surface area contributed by atoms with Gasteiger partial charge in [0, 0.05) is 48.3 Å². The summed E-state index contributed by atoms with van der Waals surface area (Å²) in [5, 5.41) is 13.5. The molecule has 0 aliphatic carbocycles. The van der Waals surface area contributed by atoms with Crippen molar-refractivity contribution in [3.8, 4) is 22.6 Å². The fourth-order valence-electron chi connectivity index (χ4n) is 3.27. The zero-order valence-electron chi connectivity index (χ0n) is 16.3. The highest BCUT2D eigenvalue weighted by Crippen LogP contribution is 2.31. The van der Waals surface area contributed by atoms with Crippen LogP contribution in [0.5, 0.6) is 0 Å². The van der Waals surface area contributed by atoms with Gasteiger partial charge in [0.1, 0.15) is 12.3 Å². The van der Waals surface area contributed by atoms with Crippen molar-refractivity contribution >= 4 is 28.6 Å². The number of fused-ring (bicyclic) bond motifs is 1. The van der Waals surface area contributed by atoms with Gasteiger partial charge in [-0.3, -0.25) is 4.68 Å². The van der Waals surface area contributed by atoms with Crippen LogP contribution in [0.25, 0.3) is 33.6 Å². The van der Waals surface area contributed by atoms with Crippen LogP contribution in [0.2, 0.25) is 5.02 Å². The van der Waals surface area contributed by atoms with E-state index in [4.69, 9.17) is 16.0 Å². The standard InChI is InChI=1S/C20H16ClFN8O/c1-29-11-13(9-25-29)12-7-14-15(10-24-17(14)23-8-12)19-27-28-20(31-19)26-18-16(21)3-2-5-30(18)6-4-22/h2-3,5,7-11H,4,6H2,1H3,(H,23,24)/b26-18+. The highest BCUT2D eigenvalue weighted by Gasteiger charge is 2.15. The number of aromatic amines is 1. The molecule has 0 amide bonds. The number of rotatable bonds is 5. The molecular formula is C20H16ClFN8O. The maximum atomic E-state index is 12.9. The minimum atomic E-state index is -0.551. The Morgan fingerprint density at radius 2 is 2.16 bits per heavy atom. The first kappa shape index (κ1) is 19.2. The molecule has 11 heteroatoms. The second kappa shape index (κ2) is 7.80. The van der Waals surface area contributed by atoms with Gasteiger partial charge in [0.05, 0.1) is 23.3 Å². The highest BCUT2D eigenvalue weighted by atomic mass is 35.5. The largest absolute Gasteiger partial charge is 0.402 e. The van der Waals surface area contributed by atoms with E-state index < -0.39 is 6.67 Å². The topological polar surface area (TPSA) is 103 Å². The first-order valence-corrected chi connectivity index (χ1v) is 9.76. The van der Waals surface area contributed by atoms with Gasteiger partial charge in [-0.2, -0.15) is 10.1 Å². The van der Waals surface area contributed by atoms with E-state index in [1.807, 2.05) is 19.3 Å². The Kier molecular flexibility index (Phi) is 4.83. The fourth-order valence-corrected chi connectivity index (χ4v) is 3.49. The number of hydrogen-bond donors (Lipinski definition) is 1. The predicted molar refractivity (Wildman–Crippen MR) is 112 cm³/mol. The van der Waals surface area contributed by atoms with E-state index in [9.17, 15) is 4.39 Å². The SMILES string of the molecule is Cn1cc(-c2cnc3[nH]cc(-c4nnc(/N=c5\c(Cl)cccn5CCF)o4)c3c2)cn1. The molecule has 0 aliphatic heterocycles. The number of nitrogens with zero attached hydrogens (tertiary/aromatic N) is 7. The summed E-state index contributed by atoms with van der Waals surface area (Å²) in [4.78, 5) is 11.9. The number of aryl methyl sites for hydroxylation is 2. The van der Waals surface area contributed by atoms with Gasteiger partial charge in [-0.25, -0.2) is 9.37 Å². The minimum absolute atomic E-state index is 0.0152. The average Bonchev–Trinajstić information content (AvgIpc) is 3.49. The molecule has 0 atom stereocenters. The van der Waals surface area contributed by atoms with Crippen LogP contribution in [0.4, 0.5) is 10.4 Å². The van der Waals surface area contributed by atoms with Gasteiger partial charge >= 0.3 is 6.01 Å². The van der Waals surface area contributed by atoms with Crippen molar-refractivity contribution in [2.75, 3.05) is 6.67 Å². The van der Waals surface area contributed by atoms with Crippen molar-refractivity contribution in [2.45, 2.75) is 6.54 Å². The molecule has 0 bridgehead atoms. The zero-order chi connectivity index (χ0) is 21.4. The monoisotopic (exact) mass is 438 g/mol. The van der Waals surface area contributed by atoms with Crippen molar-refractivity contribution in [1.82, 2.24) is 34.5 Å². The Labute approximate surface area is 179 Å². The lowest BCUT2D eigenvalue weighted by Gasteiger charge is -2.04. The smallest absolute Gasteiger partial charge is 0.344 e. The molecule has 0 saturated heterocycles. The van der Waals surface area contributed by atoms with Crippen LogP contribution in [0.15, 0.2) is 58.6 Å². The third-order valence-electron chi connectivity index (χ3n) is 4.74. The summed E-state index contributed by atoms with van der Waals surface area (Å²) in [5.41, 5.74) is 3.58. The third-order valence-corrected chi connectivity index (χ3v) is 5.03. The molecule has 0 unspecified atom stereocenters. The van der Waals surface area contributed by atoms with Crippen molar-refractivity contribution < 1.29 is 8.81 Å². The average molecular weight is 439 g/mol. The van der Waals surface area contributed by atoms with E-state index in [1.165, 1.54) is 0 Å². The highest BCUT2D eigenvalue weighted by molar-refractivity contribution is 6.30. The third kappa shape index (κ3) is 3.61. The lowest BCUT2D eigenvalue weighted by molar-refractivity contribution is 0.438. The van der Waals surface area contributed by atoms with E-state index in [-0.39, 0.29) is 18.5 Å². The number of alkyl halides is 1. The van der Waals surface area contributed by atoms with E-state index in [0.29, 0.717) is 21.7 Å². The molecule has 156 valence electrons. The molecule has 5 aromatic heterocycles. The molecular weight excluding hydrogens is 423 g/mol. The zero-order valence-corrected chi connectivity index (χ0v) is 17.1. The first-order chi connectivity index (χ1) is 15.1. The molecule has 0 aliphatic rings. The Morgan fingerprint density at radius 3 is 2.97 bits per heavy atom. The number of nitrogens with one attached hydrogen (secondary N) is 1. The van der Waals surface area contributed by atoms with E-state index >= 15 is 0 Å². The van der Waals surface area contributed by atoms with Crippen LogP contribution in [0, 0.1) is 0 Å². The second-order valence-electron chi connectivity index (χ2n) is 6.79. The Balaban J connectivity index is 1.56. The quantitative estimate of drug-likeness (QED) is 0.451. The second-order valence-corrected chi connectivity index (χ2v) is 7.20. The molecule has 5 aromatic rings. The molecule has 0 radical (unpaired) electrons. The fraction of sp³-hybridized carbons (Fsp3) is 0.150. The van der Waals surface area contributed by atoms with Gasteiger partial charge in [0.2, 0.25) is 0 Å². The summed E-state index contributed by atoms with van der Waals surface area (Å²) in [7, 11) is 1.86. The minimum Gasteiger partial charge on any atom is -0.402 e. The molecule has 31 heavy (non-hydrogen) atoms. The molecule has 0 spiro atoms.